The van der Waals surface area contributed by atoms with E-state index in [0.717, 1.165) is 27.0 Å². The van der Waals surface area contributed by atoms with Crippen molar-refractivity contribution >= 4 is 44.9 Å². The second kappa shape index (κ2) is 8.26. The van der Waals surface area contributed by atoms with Crippen LogP contribution < -0.4 is 10.3 Å². The minimum atomic E-state index is -0.360. The van der Waals surface area contributed by atoms with Crippen LogP contribution in [0.1, 0.15) is 25.0 Å². The second-order valence-corrected chi connectivity index (χ2v) is 7.18. The Morgan fingerprint density at radius 3 is 2.67 bits per heavy atom. The second-order valence-electron chi connectivity index (χ2n) is 6.27. The van der Waals surface area contributed by atoms with Crippen molar-refractivity contribution in [2.24, 2.45) is 10.1 Å². The van der Waals surface area contributed by atoms with Crippen LogP contribution in [0.5, 0.6) is 0 Å². The van der Waals surface area contributed by atoms with E-state index >= 15 is 0 Å². The lowest BCUT2D eigenvalue weighted by atomic mass is 10.0. The number of benzodiazepines with no additional fused rings is 1. The molecule has 0 atom stereocenters. The molecule has 2 aromatic rings. The van der Waals surface area contributed by atoms with Crippen LogP contribution in [0.4, 0.5) is 5.69 Å². The van der Waals surface area contributed by atoms with Gasteiger partial charge in [-0.25, -0.2) is 5.43 Å². The number of nitrogens with zero attached hydrogens (tertiary/aromatic N) is 3. The van der Waals surface area contributed by atoms with Crippen molar-refractivity contribution in [3.05, 3.63) is 64.1 Å². The maximum absolute atomic E-state index is 12.7. The third-order valence-corrected chi connectivity index (χ3v) is 4.42. The standard InChI is InChI=1S/C20H19BrN4O2/c1-13(2)23-24-18(26)12-25-17-9-8-15(21)10-16(17)20(22-11-19(25)27)14-6-4-3-5-7-14/h3-10H,11-12H2,1-2H3,(H,24,26). The molecule has 1 aliphatic heterocycles. The lowest BCUT2D eigenvalue weighted by Crippen LogP contribution is -2.40. The summed E-state index contributed by atoms with van der Waals surface area (Å²) in [5.41, 5.74) is 6.28. The SMILES string of the molecule is CC(C)=NNC(=O)CN1C(=O)CN=C(c2ccccc2)c2cc(Br)ccc21. The largest absolute Gasteiger partial charge is 0.301 e. The van der Waals surface area contributed by atoms with Crippen LogP contribution in [-0.2, 0) is 9.59 Å². The number of benzene rings is 2. The number of halogens is 1. The third kappa shape index (κ3) is 4.49. The molecule has 1 heterocycles. The summed E-state index contributed by atoms with van der Waals surface area (Å²) >= 11 is 3.49. The van der Waals surface area contributed by atoms with Gasteiger partial charge in [-0.05, 0) is 32.0 Å². The van der Waals surface area contributed by atoms with E-state index in [9.17, 15) is 9.59 Å². The van der Waals surface area contributed by atoms with Crippen LogP contribution >= 0.6 is 15.9 Å². The van der Waals surface area contributed by atoms with Crippen molar-refractivity contribution in [2.45, 2.75) is 13.8 Å². The highest BCUT2D eigenvalue weighted by Crippen LogP contribution is 2.29. The number of anilines is 1. The van der Waals surface area contributed by atoms with Gasteiger partial charge in [-0.3, -0.25) is 14.6 Å². The molecule has 0 saturated heterocycles. The lowest BCUT2D eigenvalue weighted by Gasteiger charge is -2.22. The zero-order valence-electron chi connectivity index (χ0n) is 15.1. The minimum Gasteiger partial charge on any atom is -0.301 e. The number of hydrogen-bond acceptors (Lipinski definition) is 4. The molecule has 27 heavy (non-hydrogen) atoms. The predicted molar refractivity (Wildman–Crippen MR) is 110 cm³/mol. The van der Waals surface area contributed by atoms with Crippen LogP contribution in [-0.4, -0.2) is 36.3 Å². The fourth-order valence-corrected chi connectivity index (χ4v) is 3.12. The Bertz CT molecular complexity index is 934. The first kappa shape index (κ1) is 19.0. The molecular weight excluding hydrogens is 408 g/mol. The Balaban J connectivity index is 2.01. The number of nitrogens with one attached hydrogen (secondary N) is 1. The van der Waals surface area contributed by atoms with Gasteiger partial charge in [0.15, 0.2) is 0 Å². The Morgan fingerprint density at radius 1 is 1.22 bits per heavy atom. The molecule has 1 aliphatic rings. The molecular formula is C20H19BrN4O2. The summed E-state index contributed by atoms with van der Waals surface area (Å²) in [6.45, 7) is 3.41. The molecule has 138 valence electrons. The molecule has 0 aliphatic carbocycles. The fraction of sp³-hybridized carbons (Fsp3) is 0.200. The number of rotatable bonds is 4. The van der Waals surface area contributed by atoms with Crippen LogP contribution in [0.15, 0.2) is 63.1 Å². The molecule has 0 saturated carbocycles. The third-order valence-electron chi connectivity index (χ3n) is 3.93. The van der Waals surface area contributed by atoms with Crippen molar-refractivity contribution in [1.29, 1.82) is 0 Å². The highest BCUT2D eigenvalue weighted by atomic mass is 79.9. The number of fused-ring (bicyclic) bond motifs is 1. The van der Waals surface area contributed by atoms with Gasteiger partial charge in [0, 0.05) is 21.3 Å². The predicted octanol–water partition coefficient (Wildman–Crippen LogP) is 3.15. The summed E-state index contributed by atoms with van der Waals surface area (Å²) in [6, 6.07) is 15.3. The maximum Gasteiger partial charge on any atom is 0.260 e. The van der Waals surface area contributed by atoms with E-state index in [4.69, 9.17) is 0 Å². The number of carbonyl (C=O) groups excluding carboxylic acids is 2. The number of carbonyl (C=O) groups is 2. The van der Waals surface area contributed by atoms with Gasteiger partial charge in [0.25, 0.3) is 5.91 Å². The van der Waals surface area contributed by atoms with E-state index in [1.807, 2.05) is 48.5 Å². The van der Waals surface area contributed by atoms with Crippen LogP contribution in [0.3, 0.4) is 0 Å². The van der Waals surface area contributed by atoms with E-state index in [1.54, 1.807) is 13.8 Å². The highest BCUT2D eigenvalue weighted by Gasteiger charge is 2.26. The summed E-state index contributed by atoms with van der Waals surface area (Å²) in [4.78, 5) is 30.9. The Hall–Kier alpha value is -2.80. The number of aliphatic imine (C=N–C) groups is 1. The lowest BCUT2D eigenvalue weighted by molar-refractivity contribution is -0.123. The quantitative estimate of drug-likeness (QED) is 0.602. The van der Waals surface area contributed by atoms with Crippen LogP contribution in [0.2, 0.25) is 0 Å². The zero-order chi connectivity index (χ0) is 19.4. The van der Waals surface area contributed by atoms with Gasteiger partial charge in [0.05, 0.1) is 11.4 Å². The first-order chi connectivity index (χ1) is 13.0. The van der Waals surface area contributed by atoms with Crippen molar-refractivity contribution in [2.75, 3.05) is 18.0 Å². The number of amides is 2. The van der Waals surface area contributed by atoms with Gasteiger partial charge >= 0.3 is 0 Å². The highest BCUT2D eigenvalue weighted by molar-refractivity contribution is 9.10. The Labute approximate surface area is 166 Å². The van der Waals surface area contributed by atoms with Crippen molar-refractivity contribution < 1.29 is 9.59 Å². The average Bonchev–Trinajstić information content (AvgIpc) is 2.78. The molecule has 0 fully saturated rings. The van der Waals surface area contributed by atoms with E-state index in [0.29, 0.717) is 5.69 Å². The van der Waals surface area contributed by atoms with E-state index < -0.39 is 0 Å². The first-order valence-corrected chi connectivity index (χ1v) is 9.25. The first-order valence-electron chi connectivity index (χ1n) is 8.45. The van der Waals surface area contributed by atoms with Crippen molar-refractivity contribution in [1.82, 2.24) is 5.43 Å². The average molecular weight is 427 g/mol. The smallest absolute Gasteiger partial charge is 0.260 e. The van der Waals surface area contributed by atoms with Gasteiger partial charge in [-0.1, -0.05) is 46.3 Å². The fourth-order valence-electron chi connectivity index (χ4n) is 2.75. The molecule has 6 nitrogen and oxygen atoms in total. The Morgan fingerprint density at radius 2 is 1.96 bits per heavy atom. The molecule has 0 bridgehead atoms. The van der Waals surface area contributed by atoms with E-state index in [-0.39, 0.29) is 24.9 Å². The van der Waals surface area contributed by atoms with Crippen LogP contribution in [0.25, 0.3) is 0 Å². The topological polar surface area (TPSA) is 74.1 Å². The van der Waals surface area contributed by atoms with E-state index in [1.165, 1.54) is 4.90 Å². The summed E-state index contributed by atoms with van der Waals surface area (Å²) in [6.07, 6.45) is 0. The molecule has 0 unspecified atom stereocenters. The molecule has 7 heteroatoms. The molecule has 1 N–H and O–H groups in total. The van der Waals surface area contributed by atoms with Gasteiger partial charge in [0.1, 0.15) is 13.1 Å². The van der Waals surface area contributed by atoms with Gasteiger partial charge in [-0.15, -0.1) is 0 Å². The van der Waals surface area contributed by atoms with E-state index in [2.05, 4.69) is 31.4 Å². The molecule has 0 radical (unpaired) electrons. The summed E-state index contributed by atoms with van der Waals surface area (Å²) in [7, 11) is 0. The normalized spacial score (nSPS) is 13.4. The monoisotopic (exact) mass is 426 g/mol. The van der Waals surface area contributed by atoms with Gasteiger partial charge in [0.2, 0.25) is 5.91 Å². The summed E-state index contributed by atoms with van der Waals surface area (Å²) < 4.78 is 0.870. The maximum atomic E-state index is 12.7. The molecule has 2 aromatic carbocycles. The van der Waals surface area contributed by atoms with Crippen molar-refractivity contribution in [3.63, 3.8) is 0 Å². The minimum absolute atomic E-state index is 0.0279. The Kier molecular flexibility index (Phi) is 5.81. The van der Waals surface area contributed by atoms with Gasteiger partial charge in [-0.2, -0.15) is 5.10 Å². The van der Waals surface area contributed by atoms with Crippen molar-refractivity contribution in [3.8, 4) is 0 Å². The molecule has 2 amide bonds. The van der Waals surface area contributed by atoms with Crippen LogP contribution in [0, 0.1) is 0 Å². The molecule has 3 rings (SSSR count). The zero-order valence-corrected chi connectivity index (χ0v) is 16.7. The number of hydrazone groups is 1. The summed E-state index contributed by atoms with van der Waals surface area (Å²) in [5.74, 6) is -0.599. The van der Waals surface area contributed by atoms with Gasteiger partial charge < -0.3 is 4.90 Å². The molecule has 0 aromatic heterocycles. The summed E-state index contributed by atoms with van der Waals surface area (Å²) in [5, 5.41) is 3.91. The number of hydrogen-bond donors (Lipinski definition) is 1. The molecule has 0 spiro atoms.